The number of nitrogens with one attached hydrogen (secondary N) is 1. The van der Waals surface area contributed by atoms with E-state index in [0.29, 0.717) is 11.3 Å². The Morgan fingerprint density at radius 2 is 2.05 bits per heavy atom. The van der Waals surface area contributed by atoms with E-state index >= 15 is 0 Å². The van der Waals surface area contributed by atoms with Crippen molar-refractivity contribution in [3.05, 3.63) is 23.8 Å². The normalized spacial score (nSPS) is 10.7. The standard InChI is InChI=1S/C14H24N4O/c1-3-8-18(4-2)9-7-17-13-6-5-11(15)10-12(13)14(16)19/h5-6,10,17H,3-4,7-9,15H2,1-2H3,(H2,16,19). The number of hydrogen-bond acceptors (Lipinski definition) is 4. The lowest BCUT2D eigenvalue weighted by molar-refractivity contribution is 0.100. The average molecular weight is 264 g/mol. The molecule has 1 aromatic rings. The molecular formula is C14H24N4O. The third kappa shape index (κ3) is 4.79. The van der Waals surface area contributed by atoms with Crippen molar-refractivity contribution in [2.75, 3.05) is 37.2 Å². The first-order chi connectivity index (χ1) is 9.08. The van der Waals surface area contributed by atoms with Gasteiger partial charge in [-0.25, -0.2) is 0 Å². The summed E-state index contributed by atoms with van der Waals surface area (Å²) in [5.74, 6) is -0.462. The van der Waals surface area contributed by atoms with Crippen LogP contribution in [-0.2, 0) is 0 Å². The van der Waals surface area contributed by atoms with E-state index in [2.05, 4.69) is 24.1 Å². The van der Waals surface area contributed by atoms with Gasteiger partial charge in [0.15, 0.2) is 0 Å². The highest BCUT2D eigenvalue weighted by Crippen LogP contribution is 2.18. The quantitative estimate of drug-likeness (QED) is 0.621. The van der Waals surface area contributed by atoms with Crippen LogP contribution in [0.5, 0.6) is 0 Å². The zero-order valence-electron chi connectivity index (χ0n) is 11.8. The van der Waals surface area contributed by atoms with Crippen LogP contribution < -0.4 is 16.8 Å². The summed E-state index contributed by atoms with van der Waals surface area (Å²) in [5.41, 5.74) is 12.7. The SMILES string of the molecule is CCCN(CC)CCNc1ccc(N)cc1C(N)=O. The van der Waals surface area contributed by atoms with Crippen molar-refractivity contribution in [3.8, 4) is 0 Å². The van der Waals surface area contributed by atoms with Crippen molar-refractivity contribution in [1.29, 1.82) is 0 Å². The van der Waals surface area contributed by atoms with Crippen LogP contribution in [0, 0.1) is 0 Å². The van der Waals surface area contributed by atoms with Gasteiger partial charge in [-0.2, -0.15) is 0 Å². The molecule has 106 valence electrons. The largest absolute Gasteiger partial charge is 0.399 e. The molecule has 19 heavy (non-hydrogen) atoms. The molecule has 1 amide bonds. The number of rotatable bonds is 8. The second kappa shape index (κ2) is 7.63. The molecule has 0 unspecified atom stereocenters. The molecule has 0 bridgehead atoms. The summed E-state index contributed by atoms with van der Waals surface area (Å²) in [5, 5.41) is 3.25. The molecule has 0 aromatic heterocycles. The lowest BCUT2D eigenvalue weighted by Gasteiger charge is -2.20. The first-order valence-corrected chi connectivity index (χ1v) is 6.74. The van der Waals surface area contributed by atoms with Gasteiger partial charge in [0.1, 0.15) is 0 Å². The monoisotopic (exact) mass is 264 g/mol. The van der Waals surface area contributed by atoms with Gasteiger partial charge in [-0.1, -0.05) is 13.8 Å². The van der Waals surface area contributed by atoms with Gasteiger partial charge >= 0.3 is 0 Å². The third-order valence-corrected chi connectivity index (χ3v) is 3.04. The molecule has 5 nitrogen and oxygen atoms in total. The molecule has 0 aliphatic carbocycles. The number of anilines is 2. The number of carbonyl (C=O) groups excluding carboxylic acids is 1. The van der Waals surface area contributed by atoms with E-state index in [9.17, 15) is 4.79 Å². The first-order valence-electron chi connectivity index (χ1n) is 6.74. The number of primary amides is 1. The number of likely N-dealkylation sites (N-methyl/N-ethyl adjacent to an activating group) is 1. The van der Waals surface area contributed by atoms with E-state index in [-0.39, 0.29) is 0 Å². The van der Waals surface area contributed by atoms with Gasteiger partial charge in [0, 0.05) is 24.5 Å². The number of nitrogens with two attached hydrogens (primary N) is 2. The van der Waals surface area contributed by atoms with E-state index in [4.69, 9.17) is 11.5 Å². The number of carbonyl (C=O) groups is 1. The van der Waals surface area contributed by atoms with Crippen molar-refractivity contribution in [2.45, 2.75) is 20.3 Å². The van der Waals surface area contributed by atoms with Gasteiger partial charge in [0.25, 0.3) is 5.91 Å². The molecule has 5 N–H and O–H groups in total. The lowest BCUT2D eigenvalue weighted by Crippen LogP contribution is -2.30. The van der Waals surface area contributed by atoms with Crippen LogP contribution in [0.1, 0.15) is 30.6 Å². The molecule has 1 rings (SSSR count). The van der Waals surface area contributed by atoms with E-state index in [1.54, 1.807) is 18.2 Å². The molecule has 0 spiro atoms. The maximum absolute atomic E-state index is 11.3. The topological polar surface area (TPSA) is 84.4 Å². The Morgan fingerprint density at radius 1 is 1.32 bits per heavy atom. The minimum Gasteiger partial charge on any atom is -0.399 e. The summed E-state index contributed by atoms with van der Waals surface area (Å²) >= 11 is 0. The Hall–Kier alpha value is -1.75. The molecule has 0 heterocycles. The first kappa shape index (κ1) is 15.3. The molecule has 5 heteroatoms. The Labute approximate surface area is 115 Å². The molecule has 0 saturated carbocycles. The third-order valence-electron chi connectivity index (χ3n) is 3.04. The maximum Gasteiger partial charge on any atom is 0.250 e. The van der Waals surface area contributed by atoms with Crippen LogP contribution in [0.2, 0.25) is 0 Å². The Balaban J connectivity index is 2.60. The van der Waals surface area contributed by atoms with E-state index in [1.807, 2.05) is 0 Å². The average Bonchev–Trinajstić information content (AvgIpc) is 2.39. The van der Waals surface area contributed by atoms with Gasteiger partial charge in [0.05, 0.1) is 5.56 Å². The van der Waals surface area contributed by atoms with Crippen LogP contribution in [-0.4, -0.2) is 37.0 Å². The van der Waals surface area contributed by atoms with Crippen molar-refractivity contribution in [3.63, 3.8) is 0 Å². The van der Waals surface area contributed by atoms with Crippen molar-refractivity contribution < 1.29 is 4.79 Å². The zero-order valence-corrected chi connectivity index (χ0v) is 11.8. The fraction of sp³-hybridized carbons (Fsp3) is 0.500. The Morgan fingerprint density at radius 3 is 2.63 bits per heavy atom. The molecule has 0 saturated heterocycles. The number of nitrogen functional groups attached to an aromatic ring is 1. The molecule has 0 aliphatic rings. The van der Waals surface area contributed by atoms with Gasteiger partial charge in [-0.05, 0) is 37.7 Å². The zero-order chi connectivity index (χ0) is 14.3. The van der Waals surface area contributed by atoms with E-state index in [1.165, 1.54) is 0 Å². The highest BCUT2D eigenvalue weighted by atomic mass is 16.1. The van der Waals surface area contributed by atoms with Gasteiger partial charge < -0.3 is 21.7 Å². The lowest BCUT2D eigenvalue weighted by atomic mass is 10.1. The maximum atomic E-state index is 11.3. The molecule has 0 aliphatic heterocycles. The molecule has 0 fully saturated rings. The predicted octanol–water partition coefficient (Wildman–Crippen LogP) is 1.51. The van der Waals surface area contributed by atoms with Gasteiger partial charge in [0.2, 0.25) is 0 Å². The molecular weight excluding hydrogens is 240 g/mol. The van der Waals surface area contributed by atoms with Gasteiger partial charge in [-0.15, -0.1) is 0 Å². The fourth-order valence-corrected chi connectivity index (χ4v) is 2.01. The highest BCUT2D eigenvalue weighted by Gasteiger charge is 2.08. The van der Waals surface area contributed by atoms with Crippen LogP contribution in [0.25, 0.3) is 0 Å². The second-order valence-electron chi connectivity index (χ2n) is 4.53. The van der Waals surface area contributed by atoms with Crippen molar-refractivity contribution in [1.82, 2.24) is 4.90 Å². The smallest absolute Gasteiger partial charge is 0.250 e. The van der Waals surface area contributed by atoms with E-state index in [0.717, 1.165) is 38.3 Å². The molecule has 0 radical (unpaired) electrons. The van der Waals surface area contributed by atoms with Crippen LogP contribution in [0.15, 0.2) is 18.2 Å². The van der Waals surface area contributed by atoms with E-state index < -0.39 is 5.91 Å². The predicted molar refractivity (Wildman–Crippen MR) is 80.3 cm³/mol. The number of amides is 1. The summed E-state index contributed by atoms with van der Waals surface area (Å²) in [4.78, 5) is 13.7. The Bertz CT molecular complexity index is 420. The van der Waals surface area contributed by atoms with Crippen molar-refractivity contribution in [2.24, 2.45) is 5.73 Å². The minimum atomic E-state index is -0.462. The van der Waals surface area contributed by atoms with Crippen LogP contribution >= 0.6 is 0 Å². The van der Waals surface area contributed by atoms with Crippen LogP contribution in [0.3, 0.4) is 0 Å². The number of benzene rings is 1. The Kier molecular flexibility index (Phi) is 6.15. The minimum absolute atomic E-state index is 0.443. The number of nitrogens with zero attached hydrogens (tertiary/aromatic N) is 1. The van der Waals surface area contributed by atoms with Crippen LogP contribution in [0.4, 0.5) is 11.4 Å². The molecule has 1 aromatic carbocycles. The van der Waals surface area contributed by atoms with Gasteiger partial charge in [-0.3, -0.25) is 4.79 Å². The summed E-state index contributed by atoms with van der Waals surface area (Å²) in [7, 11) is 0. The summed E-state index contributed by atoms with van der Waals surface area (Å²) in [6.07, 6.45) is 1.14. The summed E-state index contributed by atoms with van der Waals surface area (Å²) < 4.78 is 0. The highest BCUT2D eigenvalue weighted by molar-refractivity contribution is 5.99. The van der Waals surface area contributed by atoms with Crippen molar-refractivity contribution >= 4 is 17.3 Å². The fourth-order valence-electron chi connectivity index (χ4n) is 2.01. The second-order valence-corrected chi connectivity index (χ2v) is 4.53. The summed E-state index contributed by atoms with van der Waals surface area (Å²) in [6.45, 7) is 8.14. The summed E-state index contributed by atoms with van der Waals surface area (Å²) in [6, 6.07) is 5.16. The molecule has 0 atom stereocenters. The number of hydrogen-bond donors (Lipinski definition) is 3.